The number of rotatable bonds is 5. The Kier molecular flexibility index (Phi) is 6.77. The third-order valence-electron chi connectivity index (χ3n) is 6.72. The van der Waals surface area contributed by atoms with Crippen molar-refractivity contribution in [3.05, 3.63) is 76.7 Å². The summed E-state index contributed by atoms with van der Waals surface area (Å²) < 4.78 is 0.965. The third kappa shape index (κ3) is 4.73. The van der Waals surface area contributed by atoms with Crippen LogP contribution >= 0.6 is 15.9 Å². The van der Waals surface area contributed by atoms with Crippen molar-refractivity contribution in [1.29, 1.82) is 0 Å². The lowest BCUT2D eigenvalue weighted by atomic mass is 10.0. The van der Waals surface area contributed by atoms with Gasteiger partial charge in [0.1, 0.15) is 17.9 Å². The lowest BCUT2D eigenvalue weighted by molar-refractivity contribution is -0.175. The standard InChI is InChI=1S/C26H26BrN5O4/c27-19-10-8-18(9-11-19)20-15-28-24(29-20)21-7-4-14-31-23(33)13-12-22(25(34)32(21)31)30(26(35)36)16-17-5-2-1-3-6-17/h1-3,5-6,8-11,15,21-22H,4,7,12-14,16H2,(H,28,29)(H,35,36)/t21-,22-/m0/s1. The molecule has 0 unspecified atom stereocenters. The van der Waals surface area contributed by atoms with Crippen LogP contribution in [0.4, 0.5) is 4.79 Å². The molecule has 0 bridgehead atoms. The van der Waals surface area contributed by atoms with E-state index in [0.717, 1.165) is 26.2 Å². The zero-order valence-electron chi connectivity index (χ0n) is 19.5. The van der Waals surface area contributed by atoms with Crippen LogP contribution in [0.15, 0.2) is 65.3 Å². The minimum absolute atomic E-state index is 0.0632. The van der Waals surface area contributed by atoms with E-state index in [1.807, 2.05) is 54.6 Å². The van der Waals surface area contributed by atoms with Gasteiger partial charge in [-0.25, -0.2) is 14.8 Å². The van der Waals surface area contributed by atoms with Crippen LogP contribution in [0.3, 0.4) is 0 Å². The van der Waals surface area contributed by atoms with E-state index in [2.05, 4.69) is 25.9 Å². The number of hydrogen-bond acceptors (Lipinski definition) is 4. The third-order valence-corrected chi connectivity index (χ3v) is 7.25. The highest BCUT2D eigenvalue weighted by atomic mass is 79.9. The van der Waals surface area contributed by atoms with E-state index in [1.54, 1.807) is 6.20 Å². The Bertz CT molecular complexity index is 1260. The number of H-pyrrole nitrogens is 1. The number of carbonyl (C=O) groups excluding carboxylic acids is 2. The van der Waals surface area contributed by atoms with Gasteiger partial charge in [-0.05, 0) is 42.5 Å². The van der Waals surface area contributed by atoms with E-state index in [0.29, 0.717) is 25.2 Å². The summed E-state index contributed by atoms with van der Waals surface area (Å²) in [6, 6.07) is 15.5. The first kappa shape index (κ1) is 24.1. The summed E-state index contributed by atoms with van der Waals surface area (Å²) in [5.41, 5.74) is 2.53. The van der Waals surface area contributed by atoms with Crippen molar-refractivity contribution in [2.75, 3.05) is 6.54 Å². The van der Waals surface area contributed by atoms with Crippen LogP contribution in [0, 0.1) is 0 Å². The van der Waals surface area contributed by atoms with Gasteiger partial charge < -0.3 is 10.1 Å². The molecule has 2 fully saturated rings. The van der Waals surface area contributed by atoms with Gasteiger partial charge in [0.2, 0.25) is 5.91 Å². The van der Waals surface area contributed by atoms with Crippen molar-refractivity contribution in [2.45, 2.75) is 44.3 Å². The number of hydrazine groups is 1. The molecule has 3 heterocycles. The van der Waals surface area contributed by atoms with Crippen molar-refractivity contribution < 1.29 is 19.5 Å². The number of benzene rings is 2. The zero-order chi connectivity index (χ0) is 25.2. The molecule has 2 aliphatic heterocycles. The maximum Gasteiger partial charge on any atom is 0.408 e. The molecule has 2 atom stereocenters. The minimum Gasteiger partial charge on any atom is -0.465 e. The molecule has 2 saturated heterocycles. The fourth-order valence-corrected chi connectivity index (χ4v) is 5.19. The molecule has 3 amide bonds. The quantitative estimate of drug-likeness (QED) is 0.482. The number of hydrogen-bond donors (Lipinski definition) is 2. The second-order valence-corrected chi connectivity index (χ2v) is 9.91. The number of halogens is 1. The molecule has 1 aromatic heterocycles. The van der Waals surface area contributed by atoms with Gasteiger partial charge in [-0.15, -0.1) is 0 Å². The average molecular weight is 552 g/mol. The van der Waals surface area contributed by atoms with Gasteiger partial charge in [0, 0.05) is 24.0 Å². The number of nitrogens with one attached hydrogen (secondary N) is 1. The lowest BCUT2D eigenvalue weighted by Crippen LogP contribution is -2.57. The molecule has 3 aromatic rings. The number of aromatic amines is 1. The first-order valence-corrected chi connectivity index (χ1v) is 12.7. The Hall–Kier alpha value is -3.66. The van der Waals surface area contributed by atoms with Crippen LogP contribution in [-0.4, -0.2) is 60.5 Å². The molecule has 9 nitrogen and oxygen atoms in total. The van der Waals surface area contributed by atoms with E-state index in [-0.39, 0.29) is 25.3 Å². The van der Waals surface area contributed by atoms with Gasteiger partial charge in [0.25, 0.3) is 5.91 Å². The molecule has 0 saturated carbocycles. The molecule has 0 spiro atoms. The van der Waals surface area contributed by atoms with Crippen molar-refractivity contribution in [1.82, 2.24) is 24.9 Å². The second kappa shape index (κ2) is 10.1. The number of nitrogens with zero attached hydrogens (tertiary/aromatic N) is 4. The molecule has 2 N–H and O–H groups in total. The van der Waals surface area contributed by atoms with Gasteiger partial charge in [0.05, 0.1) is 11.9 Å². The Morgan fingerprint density at radius 3 is 2.58 bits per heavy atom. The van der Waals surface area contributed by atoms with Crippen molar-refractivity contribution in [3.8, 4) is 11.3 Å². The van der Waals surface area contributed by atoms with Crippen LogP contribution in [0.2, 0.25) is 0 Å². The fourth-order valence-electron chi connectivity index (χ4n) is 4.93. The monoisotopic (exact) mass is 551 g/mol. The summed E-state index contributed by atoms with van der Waals surface area (Å²) in [6.07, 6.45) is 2.09. The normalized spacial score (nSPS) is 20.1. The second-order valence-electron chi connectivity index (χ2n) is 9.00. The Balaban J connectivity index is 1.47. The Labute approximate surface area is 216 Å². The highest BCUT2D eigenvalue weighted by Crippen LogP contribution is 2.35. The summed E-state index contributed by atoms with van der Waals surface area (Å²) in [7, 11) is 0. The molecule has 2 aromatic carbocycles. The molecular weight excluding hydrogens is 526 g/mol. The lowest BCUT2D eigenvalue weighted by Gasteiger charge is -2.43. The van der Waals surface area contributed by atoms with Crippen LogP contribution in [0.1, 0.15) is 43.1 Å². The first-order chi connectivity index (χ1) is 17.4. The SMILES string of the molecule is O=C(O)N(Cc1ccccc1)[C@H]1CCC(=O)N2CCC[C@@H](c3ncc(-c4ccc(Br)cc4)[nH]3)N2C1=O. The van der Waals surface area contributed by atoms with E-state index in [9.17, 15) is 19.5 Å². The van der Waals surface area contributed by atoms with Gasteiger partial charge >= 0.3 is 6.09 Å². The Morgan fingerprint density at radius 2 is 1.86 bits per heavy atom. The topological polar surface area (TPSA) is 110 Å². The van der Waals surface area contributed by atoms with Gasteiger partial charge in [0.15, 0.2) is 0 Å². The maximum absolute atomic E-state index is 13.9. The van der Waals surface area contributed by atoms with Crippen LogP contribution in [0.25, 0.3) is 11.3 Å². The highest BCUT2D eigenvalue weighted by molar-refractivity contribution is 9.10. The van der Waals surface area contributed by atoms with Crippen LogP contribution in [-0.2, 0) is 16.1 Å². The predicted octanol–water partition coefficient (Wildman–Crippen LogP) is 4.59. The number of fused-ring (bicyclic) bond motifs is 1. The smallest absolute Gasteiger partial charge is 0.408 e. The summed E-state index contributed by atoms with van der Waals surface area (Å²) in [5.74, 6) is -0.00452. The van der Waals surface area contributed by atoms with Gasteiger partial charge in [-0.2, -0.15) is 0 Å². The molecule has 0 aliphatic carbocycles. The Morgan fingerprint density at radius 1 is 1.11 bits per heavy atom. The summed E-state index contributed by atoms with van der Waals surface area (Å²) in [4.78, 5) is 48.3. The molecule has 10 heteroatoms. The van der Waals surface area contributed by atoms with Crippen LogP contribution < -0.4 is 0 Å². The first-order valence-electron chi connectivity index (χ1n) is 11.9. The minimum atomic E-state index is -1.19. The molecular formula is C26H26BrN5O4. The molecule has 186 valence electrons. The van der Waals surface area contributed by atoms with Gasteiger partial charge in [-0.3, -0.25) is 19.5 Å². The van der Waals surface area contributed by atoms with Crippen molar-refractivity contribution >= 4 is 33.8 Å². The van der Waals surface area contributed by atoms with Crippen LogP contribution in [0.5, 0.6) is 0 Å². The molecule has 5 rings (SSSR count). The van der Waals surface area contributed by atoms with E-state index in [4.69, 9.17) is 0 Å². The number of carboxylic acid groups (broad SMARTS) is 1. The maximum atomic E-state index is 13.9. The number of imidazole rings is 1. The molecule has 0 radical (unpaired) electrons. The zero-order valence-corrected chi connectivity index (χ0v) is 21.1. The molecule has 36 heavy (non-hydrogen) atoms. The number of carbonyl (C=O) groups is 3. The van der Waals surface area contributed by atoms with E-state index < -0.39 is 24.1 Å². The number of amides is 3. The average Bonchev–Trinajstić information content (AvgIpc) is 3.34. The molecule has 2 aliphatic rings. The summed E-state index contributed by atoms with van der Waals surface area (Å²) in [6.45, 7) is 0.480. The summed E-state index contributed by atoms with van der Waals surface area (Å²) >= 11 is 3.44. The van der Waals surface area contributed by atoms with Crippen molar-refractivity contribution in [2.24, 2.45) is 0 Å². The van der Waals surface area contributed by atoms with E-state index in [1.165, 1.54) is 10.0 Å². The fraction of sp³-hybridized carbons (Fsp3) is 0.308. The van der Waals surface area contributed by atoms with Crippen molar-refractivity contribution in [3.63, 3.8) is 0 Å². The predicted molar refractivity (Wildman–Crippen MR) is 135 cm³/mol. The largest absolute Gasteiger partial charge is 0.465 e. The van der Waals surface area contributed by atoms with E-state index >= 15 is 0 Å². The number of aromatic nitrogens is 2. The van der Waals surface area contributed by atoms with Gasteiger partial charge in [-0.1, -0.05) is 58.4 Å². The summed E-state index contributed by atoms with van der Waals surface area (Å²) in [5, 5.41) is 13.0. The highest BCUT2D eigenvalue weighted by Gasteiger charge is 2.45.